The van der Waals surface area contributed by atoms with Crippen LogP contribution in [0.15, 0.2) is 58.8 Å². The van der Waals surface area contributed by atoms with Crippen LogP contribution in [0.1, 0.15) is 16.2 Å². The summed E-state index contributed by atoms with van der Waals surface area (Å²) in [6.07, 6.45) is 0. The Morgan fingerprint density at radius 1 is 1.28 bits per heavy atom. The Kier molecular flexibility index (Phi) is 4.82. The van der Waals surface area contributed by atoms with Gasteiger partial charge in [0.15, 0.2) is 11.6 Å². The largest absolute Gasteiger partial charge is 0.507 e. The van der Waals surface area contributed by atoms with E-state index in [1.807, 2.05) is 24.3 Å². The SMILES string of the molecule is N#CC(=C(O)COC(=O)c1cccc(Br)c1)c1nc2ccccc2[nH]1. The third-order valence-electron chi connectivity index (χ3n) is 3.43. The van der Waals surface area contributed by atoms with Crippen molar-refractivity contribution in [2.45, 2.75) is 0 Å². The normalized spacial score (nSPS) is 11.7. The summed E-state index contributed by atoms with van der Waals surface area (Å²) in [5.74, 6) is -0.751. The molecule has 2 aromatic carbocycles. The van der Waals surface area contributed by atoms with Crippen LogP contribution in [-0.2, 0) is 4.74 Å². The average molecular weight is 398 g/mol. The molecule has 25 heavy (non-hydrogen) atoms. The number of hydrogen-bond acceptors (Lipinski definition) is 5. The number of nitriles is 1. The number of benzene rings is 2. The van der Waals surface area contributed by atoms with Crippen LogP contribution in [0.5, 0.6) is 0 Å². The number of imidazole rings is 1. The number of aromatic amines is 1. The molecule has 0 amide bonds. The molecule has 0 atom stereocenters. The number of rotatable bonds is 4. The second-order valence-electron chi connectivity index (χ2n) is 5.12. The highest BCUT2D eigenvalue weighted by Crippen LogP contribution is 2.19. The summed E-state index contributed by atoms with van der Waals surface area (Å²) in [5, 5.41) is 19.5. The van der Waals surface area contributed by atoms with Crippen molar-refractivity contribution in [2.24, 2.45) is 0 Å². The van der Waals surface area contributed by atoms with Gasteiger partial charge >= 0.3 is 5.97 Å². The molecule has 7 heteroatoms. The molecule has 0 aliphatic carbocycles. The fraction of sp³-hybridized carbons (Fsp3) is 0.0556. The monoisotopic (exact) mass is 397 g/mol. The third-order valence-corrected chi connectivity index (χ3v) is 3.92. The maximum absolute atomic E-state index is 12.0. The Morgan fingerprint density at radius 2 is 2.08 bits per heavy atom. The van der Waals surface area contributed by atoms with E-state index in [1.165, 1.54) is 0 Å². The zero-order valence-corrected chi connectivity index (χ0v) is 14.4. The summed E-state index contributed by atoms with van der Waals surface area (Å²) >= 11 is 3.27. The number of para-hydroxylation sites is 2. The maximum Gasteiger partial charge on any atom is 0.338 e. The van der Waals surface area contributed by atoms with Crippen molar-refractivity contribution in [3.05, 3.63) is 70.2 Å². The molecule has 0 saturated carbocycles. The van der Waals surface area contributed by atoms with Crippen LogP contribution in [0.25, 0.3) is 16.6 Å². The number of carbonyl (C=O) groups is 1. The number of halogens is 1. The van der Waals surface area contributed by atoms with Crippen molar-refractivity contribution in [3.8, 4) is 6.07 Å². The highest BCUT2D eigenvalue weighted by molar-refractivity contribution is 9.10. The van der Waals surface area contributed by atoms with Crippen molar-refractivity contribution < 1.29 is 14.6 Å². The van der Waals surface area contributed by atoms with Gasteiger partial charge in [-0.1, -0.05) is 34.1 Å². The molecule has 6 nitrogen and oxygen atoms in total. The van der Waals surface area contributed by atoms with E-state index in [1.54, 1.807) is 30.3 Å². The molecule has 1 heterocycles. The van der Waals surface area contributed by atoms with E-state index in [0.717, 1.165) is 9.99 Å². The zero-order valence-electron chi connectivity index (χ0n) is 12.9. The first-order valence-electron chi connectivity index (χ1n) is 7.28. The standard InChI is InChI=1S/C18H12BrN3O3/c19-12-5-3-4-11(8-12)18(24)25-10-16(23)13(9-20)17-21-14-6-1-2-7-15(14)22-17/h1-8,23H,10H2,(H,21,22). The number of carbonyl (C=O) groups excluding carboxylic acids is 1. The Balaban J connectivity index is 1.80. The molecule has 1 aromatic heterocycles. The Bertz CT molecular complexity index is 985. The van der Waals surface area contributed by atoms with E-state index in [2.05, 4.69) is 25.9 Å². The topological polar surface area (TPSA) is 99.0 Å². The van der Waals surface area contributed by atoms with Crippen molar-refractivity contribution in [3.63, 3.8) is 0 Å². The van der Waals surface area contributed by atoms with Gasteiger partial charge in [-0.25, -0.2) is 9.78 Å². The maximum atomic E-state index is 12.0. The number of hydrogen-bond donors (Lipinski definition) is 2. The van der Waals surface area contributed by atoms with Crippen molar-refractivity contribution >= 4 is 38.5 Å². The van der Waals surface area contributed by atoms with Crippen LogP contribution in [0, 0.1) is 11.3 Å². The highest BCUT2D eigenvalue weighted by Gasteiger charge is 2.15. The number of allylic oxidation sites excluding steroid dienone is 1. The predicted molar refractivity (Wildman–Crippen MR) is 95.7 cm³/mol. The molecule has 0 aliphatic rings. The Morgan fingerprint density at radius 3 is 2.80 bits per heavy atom. The lowest BCUT2D eigenvalue weighted by Crippen LogP contribution is -2.09. The molecule has 124 valence electrons. The Labute approximate surface area is 151 Å². The number of esters is 1. The quantitative estimate of drug-likeness (QED) is 0.394. The molecule has 0 bridgehead atoms. The number of ether oxygens (including phenoxy) is 1. The van der Waals surface area contributed by atoms with E-state index in [-0.39, 0.29) is 17.2 Å². The molecule has 3 aromatic rings. The van der Waals surface area contributed by atoms with Gasteiger partial charge in [-0.2, -0.15) is 5.26 Å². The van der Waals surface area contributed by atoms with Crippen LogP contribution >= 0.6 is 15.9 Å². The van der Waals surface area contributed by atoms with Crippen molar-refractivity contribution in [1.29, 1.82) is 5.26 Å². The van der Waals surface area contributed by atoms with E-state index < -0.39 is 12.6 Å². The number of fused-ring (bicyclic) bond motifs is 1. The van der Waals surface area contributed by atoms with Crippen molar-refractivity contribution in [1.82, 2.24) is 9.97 Å². The molecule has 0 unspecified atom stereocenters. The van der Waals surface area contributed by atoms with Gasteiger partial charge in [0, 0.05) is 4.47 Å². The summed E-state index contributed by atoms with van der Waals surface area (Å²) in [7, 11) is 0. The van der Waals surface area contributed by atoms with Crippen molar-refractivity contribution in [2.75, 3.05) is 6.61 Å². The zero-order chi connectivity index (χ0) is 17.8. The predicted octanol–water partition coefficient (Wildman–Crippen LogP) is 3.98. The number of aliphatic hydroxyl groups excluding tert-OH is 1. The molecular weight excluding hydrogens is 386 g/mol. The first kappa shape index (κ1) is 16.7. The summed E-state index contributed by atoms with van der Waals surface area (Å²) in [6, 6.07) is 15.8. The first-order chi connectivity index (χ1) is 12.1. The lowest BCUT2D eigenvalue weighted by atomic mass is 10.2. The van der Waals surface area contributed by atoms with E-state index in [9.17, 15) is 15.2 Å². The summed E-state index contributed by atoms with van der Waals surface area (Å²) < 4.78 is 5.80. The number of nitrogens with zero attached hydrogens (tertiary/aromatic N) is 2. The Hall–Kier alpha value is -3.11. The number of aliphatic hydroxyl groups is 1. The van der Waals surface area contributed by atoms with Gasteiger partial charge in [0.1, 0.15) is 18.2 Å². The van der Waals surface area contributed by atoms with Gasteiger partial charge in [0.25, 0.3) is 0 Å². The number of nitrogens with one attached hydrogen (secondary N) is 1. The summed E-state index contributed by atoms with van der Waals surface area (Å²) in [6.45, 7) is -0.425. The van der Waals surface area contributed by atoms with Crippen LogP contribution in [0.3, 0.4) is 0 Å². The van der Waals surface area contributed by atoms with Crippen LogP contribution in [0.2, 0.25) is 0 Å². The smallest absolute Gasteiger partial charge is 0.338 e. The minimum atomic E-state index is -0.602. The molecule has 2 N–H and O–H groups in total. The molecule has 0 radical (unpaired) electrons. The fourth-order valence-corrected chi connectivity index (χ4v) is 2.63. The second-order valence-corrected chi connectivity index (χ2v) is 6.04. The van der Waals surface area contributed by atoms with Gasteiger partial charge in [-0.15, -0.1) is 0 Å². The lowest BCUT2D eigenvalue weighted by Gasteiger charge is -2.06. The second kappa shape index (κ2) is 7.20. The molecular formula is C18H12BrN3O3. The van der Waals surface area contributed by atoms with Gasteiger partial charge in [-0.05, 0) is 30.3 Å². The van der Waals surface area contributed by atoms with E-state index in [4.69, 9.17) is 4.74 Å². The molecule has 0 aliphatic heterocycles. The van der Waals surface area contributed by atoms with Crippen LogP contribution in [-0.4, -0.2) is 27.7 Å². The fourth-order valence-electron chi connectivity index (χ4n) is 2.23. The first-order valence-corrected chi connectivity index (χ1v) is 8.08. The van der Waals surface area contributed by atoms with Gasteiger partial charge in [0.05, 0.1) is 16.6 Å². The van der Waals surface area contributed by atoms with Crippen LogP contribution in [0.4, 0.5) is 0 Å². The molecule has 0 fully saturated rings. The minimum absolute atomic E-state index is 0.0711. The lowest BCUT2D eigenvalue weighted by molar-refractivity contribution is 0.0502. The summed E-state index contributed by atoms with van der Waals surface area (Å²) in [4.78, 5) is 19.2. The van der Waals surface area contributed by atoms with E-state index >= 15 is 0 Å². The molecule has 0 spiro atoms. The molecule has 3 rings (SSSR count). The number of H-pyrrole nitrogens is 1. The third kappa shape index (κ3) is 3.70. The van der Waals surface area contributed by atoms with Gasteiger partial charge < -0.3 is 14.8 Å². The average Bonchev–Trinajstić information content (AvgIpc) is 3.03. The molecule has 0 saturated heterocycles. The van der Waals surface area contributed by atoms with E-state index in [0.29, 0.717) is 11.1 Å². The minimum Gasteiger partial charge on any atom is -0.507 e. The van der Waals surface area contributed by atoms with Gasteiger partial charge in [-0.3, -0.25) is 0 Å². The summed E-state index contributed by atoms with van der Waals surface area (Å²) in [5.41, 5.74) is 1.68. The van der Waals surface area contributed by atoms with Crippen LogP contribution < -0.4 is 0 Å². The highest BCUT2D eigenvalue weighted by atomic mass is 79.9. The number of aromatic nitrogens is 2. The van der Waals surface area contributed by atoms with Gasteiger partial charge in [0.2, 0.25) is 0 Å².